The smallest absolute Gasteiger partial charge is 0.258 e. The van der Waals surface area contributed by atoms with Gasteiger partial charge in [-0.2, -0.15) is 4.98 Å². The van der Waals surface area contributed by atoms with Gasteiger partial charge in [0.25, 0.3) is 5.89 Å². The average Bonchev–Trinajstić information content (AvgIpc) is 2.88. The lowest BCUT2D eigenvalue weighted by atomic mass is 10.1. The summed E-state index contributed by atoms with van der Waals surface area (Å²) >= 11 is 0. The van der Waals surface area contributed by atoms with Gasteiger partial charge in [-0.15, -0.1) is 0 Å². The highest BCUT2D eigenvalue weighted by atomic mass is 16.5. The first-order valence-corrected chi connectivity index (χ1v) is 6.62. The Hall–Kier alpha value is -2.42. The van der Waals surface area contributed by atoms with Gasteiger partial charge in [0.05, 0.1) is 0 Å². The molecule has 100 valence electrons. The summed E-state index contributed by atoms with van der Waals surface area (Å²) in [5.41, 5.74) is 5.51. The maximum absolute atomic E-state index is 5.42. The summed E-state index contributed by atoms with van der Waals surface area (Å²) in [6, 6.07) is 14.2. The Morgan fingerprint density at radius 3 is 2.40 bits per heavy atom. The number of rotatable bonds is 2. The molecule has 0 unspecified atom stereocenters. The van der Waals surface area contributed by atoms with E-state index in [2.05, 4.69) is 36.1 Å². The number of hydrogen-bond donors (Lipinski definition) is 0. The zero-order valence-electron chi connectivity index (χ0n) is 11.8. The van der Waals surface area contributed by atoms with Crippen molar-refractivity contribution >= 4 is 0 Å². The van der Waals surface area contributed by atoms with Crippen LogP contribution in [0.2, 0.25) is 0 Å². The van der Waals surface area contributed by atoms with Crippen molar-refractivity contribution in [3.05, 3.63) is 59.2 Å². The first kappa shape index (κ1) is 12.6. The summed E-state index contributed by atoms with van der Waals surface area (Å²) in [6.07, 6.45) is 0. The molecule has 0 aliphatic heterocycles. The third kappa shape index (κ3) is 2.23. The zero-order chi connectivity index (χ0) is 14.1. The molecule has 20 heavy (non-hydrogen) atoms. The van der Waals surface area contributed by atoms with Gasteiger partial charge in [-0.25, -0.2) is 0 Å². The Kier molecular flexibility index (Phi) is 3.11. The van der Waals surface area contributed by atoms with Crippen LogP contribution >= 0.6 is 0 Å². The molecule has 2 aromatic carbocycles. The van der Waals surface area contributed by atoms with E-state index >= 15 is 0 Å². The van der Waals surface area contributed by atoms with Gasteiger partial charge >= 0.3 is 0 Å². The SMILES string of the molecule is Cc1ccc(-c2nc(-c3ccccc3C)no2)c(C)c1. The molecule has 3 heteroatoms. The topological polar surface area (TPSA) is 38.9 Å². The number of nitrogens with zero attached hydrogens (tertiary/aromatic N) is 2. The molecule has 0 fully saturated rings. The van der Waals surface area contributed by atoms with E-state index < -0.39 is 0 Å². The molecule has 0 saturated carbocycles. The van der Waals surface area contributed by atoms with Crippen LogP contribution in [0, 0.1) is 20.8 Å². The van der Waals surface area contributed by atoms with Gasteiger partial charge < -0.3 is 4.52 Å². The maximum atomic E-state index is 5.42. The molecular formula is C17H16N2O. The van der Waals surface area contributed by atoms with E-state index in [0.717, 1.165) is 22.3 Å². The fourth-order valence-electron chi connectivity index (χ4n) is 2.32. The Balaban J connectivity index is 2.04. The van der Waals surface area contributed by atoms with Crippen molar-refractivity contribution in [2.75, 3.05) is 0 Å². The highest BCUT2D eigenvalue weighted by Gasteiger charge is 2.13. The normalized spacial score (nSPS) is 10.8. The fourth-order valence-corrected chi connectivity index (χ4v) is 2.32. The molecule has 0 amide bonds. The lowest BCUT2D eigenvalue weighted by molar-refractivity contribution is 0.432. The predicted molar refractivity (Wildman–Crippen MR) is 79.4 cm³/mol. The van der Waals surface area contributed by atoms with E-state index in [1.807, 2.05) is 37.3 Å². The standard InChI is InChI=1S/C17H16N2O/c1-11-8-9-15(13(3)10-11)17-18-16(19-20-17)14-7-5-4-6-12(14)2/h4-10H,1-3H3. The molecule has 3 nitrogen and oxygen atoms in total. The first-order chi connectivity index (χ1) is 9.65. The van der Waals surface area contributed by atoms with Crippen molar-refractivity contribution in [3.63, 3.8) is 0 Å². The Morgan fingerprint density at radius 2 is 1.65 bits per heavy atom. The van der Waals surface area contributed by atoms with E-state index in [0.29, 0.717) is 11.7 Å². The summed E-state index contributed by atoms with van der Waals surface area (Å²) in [5.74, 6) is 1.21. The number of hydrogen-bond acceptors (Lipinski definition) is 3. The Bertz CT molecular complexity index is 759. The molecular weight excluding hydrogens is 248 g/mol. The van der Waals surface area contributed by atoms with Crippen LogP contribution in [0.1, 0.15) is 16.7 Å². The monoisotopic (exact) mass is 264 g/mol. The number of aromatic nitrogens is 2. The Labute approximate surface area is 118 Å². The van der Waals surface area contributed by atoms with Crippen LogP contribution in [0.4, 0.5) is 0 Å². The van der Waals surface area contributed by atoms with E-state index in [1.54, 1.807) is 0 Å². The molecule has 0 spiro atoms. The van der Waals surface area contributed by atoms with E-state index in [9.17, 15) is 0 Å². The van der Waals surface area contributed by atoms with Gasteiger partial charge in [0.2, 0.25) is 5.82 Å². The molecule has 0 saturated heterocycles. The van der Waals surface area contributed by atoms with Crippen LogP contribution in [0.3, 0.4) is 0 Å². The molecule has 1 aromatic heterocycles. The highest BCUT2D eigenvalue weighted by molar-refractivity contribution is 5.64. The number of aryl methyl sites for hydroxylation is 3. The summed E-state index contributed by atoms with van der Waals surface area (Å²) in [5, 5.41) is 4.10. The second-order valence-electron chi connectivity index (χ2n) is 5.06. The van der Waals surface area contributed by atoms with Gasteiger partial charge in [-0.3, -0.25) is 0 Å². The molecule has 1 heterocycles. The molecule has 3 rings (SSSR count). The molecule has 0 atom stereocenters. The van der Waals surface area contributed by atoms with Gasteiger partial charge in [0, 0.05) is 11.1 Å². The summed E-state index contributed by atoms with van der Waals surface area (Å²) in [4.78, 5) is 4.52. The highest BCUT2D eigenvalue weighted by Crippen LogP contribution is 2.26. The van der Waals surface area contributed by atoms with Gasteiger partial charge in [-0.05, 0) is 38.0 Å². The van der Waals surface area contributed by atoms with Crippen LogP contribution in [-0.2, 0) is 0 Å². The zero-order valence-corrected chi connectivity index (χ0v) is 11.8. The molecule has 0 aliphatic rings. The minimum atomic E-state index is 0.570. The van der Waals surface area contributed by atoms with Crippen LogP contribution < -0.4 is 0 Å². The maximum Gasteiger partial charge on any atom is 0.258 e. The largest absolute Gasteiger partial charge is 0.334 e. The van der Waals surface area contributed by atoms with Crippen molar-refractivity contribution < 1.29 is 4.52 Å². The fraction of sp³-hybridized carbons (Fsp3) is 0.176. The molecule has 3 aromatic rings. The lowest BCUT2D eigenvalue weighted by Crippen LogP contribution is -1.86. The van der Waals surface area contributed by atoms with Crippen LogP contribution in [0.5, 0.6) is 0 Å². The second-order valence-corrected chi connectivity index (χ2v) is 5.06. The average molecular weight is 264 g/mol. The van der Waals surface area contributed by atoms with Crippen molar-refractivity contribution in [3.8, 4) is 22.8 Å². The second kappa shape index (κ2) is 4.93. The van der Waals surface area contributed by atoms with Gasteiger partial charge in [-0.1, -0.05) is 47.1 Å². The molecule has 0 N–H and O–H groups in total. The lowest BCUT2D eigenvalue weighted by Gasteiger charge is -2.01. The summed E-state index contributed by atoms with van der Waals surface area (Å²) in [7, 11) is 0. The third-order valence-electron chi connectivity index (χ3n) is 3.42. The van der Waals surface area contributed by atoms with Crippen molar-refractivity contribution in [2.45, 2.75) is 20.8 Å². The quantitative estimate of drug-likeness (QED) is 0.691. The Morgan fingerprint density at radius 1 is 0.850 bits per heavy atom. The molecule has 0 bridgehead atoms. The summed E-state index contributed by atoms with van der Waals surface area (Å²) in [6.45, 7) is 6.17. The minimum absolute atomic E-state index is 0.570. The van der Waals surface area contributed by atoms with Crippen molar-refractivity contribution in [1.82, 2.24) is 10.1 Å². The third-order valence-corrected chi connectivity index (χ3v) is 3.42. The van der Waals surface area contributed by atoms with Crippen LogP contribution in [-0.4, -0.2) is 10.1 Å². The van der Waals surface area contributed by atoms with Crippen LogP contribution in [0.25, 0.3) is 22.8 Å². The predicted octanol–water partition coefficient (Wildman–Crippen LogP) is 4.33. The first-order valence-electron chi connectivity index (χ1n) is 6.62. The van der Waals surface area contributed by atoms with E-state index in [1.165, 1.54) is 5.56 Å². The van der Waals surface area contributed by atoms with E-state index in [4.69, 9.17) is 4.52 Å². The van der Waals surface area contributed by atoms with Crippen LogP contribution in [0.15, 0.2) is 47.0 Å². The minimum Gasteiger partial charge on any atom is -0.334 e. The van der Waals surface area contributed by atoms with Gasteiger partial charge in [0.15, 0.2) is 0 Å². The molecule has 0 radical (unpaired) electrons. The summed E-state index contributed by atoms with van der Waals surface area (Å²) < 4.78 is 5.42. The van der Waals surface area contributed by atoms with Gasteiger partial charge in [0.1, 0.15) is 0 Å². The van der Waals surface area contributed by atoms with Crippen molar-refractivity contribution in [1.29, 1.82) is 0 Å². The number of benzene rings is 2. The van der Waals surface area contributed by atoms with E-state index in [-0.39, 0.29) is 0 Å². The molecule has 0 aliphatic carbocycles. The van der Waals surface area contributed by atoms with Crippen molar-refractivity contribution in [2.24, 2.45) is 0 Å².